The number of hydrogen-bond donors (Lipinski definition) is 2. The summed E-state index contributed by atoms with van der Waals surface area (Å²) in [5, 5.41) is 16.2. The number of thioether (sulfide) groups is 1. The Morgan fingerprint density at radius 1 is 1.45 bits per heavy atom. The largest absolute Gasteiger partial charge is 0.481 e. The van der Waals surface area contributed by atoms with Gasteiger partial charge >= 0.3 is 11.7 Å². The van der Waals surface area contributed by atoms with Gasteiger partial charge in [-0.05, 0) is 40.5 Å². The number of unbranched alkanes of at least 4 members (excludes halogenated alkanes) is 1. The van der Waals surface area contributed by atoms with Crippen LogP contribution < -0.4 is 5.69 Å². The van der Waals surface area contributed by atoms with E-state index in [9.17, 15) is 9.59 Å². The predicted octanol–water partition coefficient (Wildman–Crippen LogP) is 2.53. The molecule has 6 nitrogen and oxygen atoms in total. The molecule has 0 bridgehead atoms. The van der Waals surface area contributed by atoms with Crippen molar-refractivity contribution in [1.82, 2.24) is 14.8 Å². The molecular formula is C13H23N3O3S. The number of hydrogen-bond acceptors (Lipinski definition) is 4. The van der Waals surface area contributed by atoms with E-state index >= 15 is 0 Å². The number of carboxylic acid groups (broad SMARTS) is 1. The number of H-pyrrole nitrogens is 1. The normalized spacial score (nSPS) is 12.1. The van der Waals surface area contributed by atoms with Crippen LogP contribution in [0.3, 0.4) is 0 Å². The van der Waals surface area contributed by atoms with Gasteiger partial charge in [-0.15, -0.1) is 5.10 Å². The first-order valence-electron chi connectivity index (χ1n) is 6.79. The first-order valence-corrected chi connectivity index (χ1v) is 7.77. The Balaban J connectivity index is 2.39. The Morgan fingerprint density at radius 3 is 2.65 bits per heavy atom. The molecule has 2 N–H and O–H groups in total. The molecule has 0 aliphatic rings. The van der Waals surface area contributed by atoms with E-state index in [-0.39, 0.29) is 11.7 Å². The van der Waals surface area contributed by atoms with Crippen LogP contribution in [0.4, 0.5) is 0 Å². The Kier molecular flexibility index (Phi) is 5.86. The molecule has 0 radical (unpaired) electrons. The molecule has 114 valence electrons. The molecule has 7 heteroatoms. The summed E-state index contributed by atoms with van der Waals surface area (Å²) in [6, 6.07) is 0.0784. The Hall–Kier alpha value is -1.24. The topological polar surface area (TPSA) is 88.0 Å². The van der Waals surface area contributed by atoms with Crippen LogP contribution in [0.15, 0.2) is 9.95 Å². The molecule has 0 unspecified atom stereocenters. The molecule has 0 atom stereocenters. The van der Waals surface area contributed by atoms with Gasteiger partial charge in [0.05, 0.1) is 5.41 Å². The fraction of sp³-hybridized carbons (Fsp3) is 0.769. The van der Waals surface area contributed by atoms with Crippen LogP contribution in [0.5, 0.6) is 0 Å². The lowest BCUT2D eigenvalue weighted by molar-refractivity contribution is -0.147. The van der Waals surface area contributed by atoms with Crippen LogP contribution in [-0.2, 0) is 4.79 Å². The third kappa shape index (κ3) is 4.40. The highest BCUT2D eigenvalue weighted by Gasteiger charge is 2.26. The fourth-order valence-electron chi connectivity index (χ4n) is 1.79. The molecule has 0 aliphatic carbocycles. The van der Waals surface area contributed by atoms with Crippen molar-refractivity contribution >= 4 is 17.7 Å². The molecule has 1 rings (SSSR count). The maximum atomic E-state index is 11.5. The zero-order valence-corrected chi connectivity index (χ0v) is 13.3. The molecule has 1 heterocycles. The fourth-order valence-corrected chi connectivity index (χ4v) is 2.86. The van der Waals surface area contributed by atoms with Crippen molar-refractivity contribution in [3.05, 3.63) is 10.5 Å². The van der Waals surface area contributed by atoms with E-state index in [0.29, 0.717) is 11.6 Å². The van der Waals surface area contributed by atoms with Crippen molar-refractivity contribution in [1.29, 1.82) is 0 Å². The molecule has 0 saturated carbocycles. The van der Waals surface area contributed by atoms with E-state index in [0.717, 1.165) is 18.6 Å². The van der Waals surface area contributed by atoms with Crippen molar-refractivity contribution < 1.29 is 9.90 Å². The zero-order valence-electron chi connectivity index (χ0n) is 12.5. The maximum Gasteiger partial charge on any atom is 0.344 e. The molecule has 0 spiro atoms. The minimum Gasteiger partial charge on any atom is -0.481 e. The molecule has 1 aromatic rings. The number of carbonyl (C=O) groups is 1. The molecule has 0 aliphatic heterocycles. The zero-order chi connectivity index (χ0) is 15.3. The number of carboxylic acids is 1. The molecule has 0 fully saturated rings. The second-order valence-corrected chi connectivity index (χ2v) is 6.83. The summed E-state index contributed by atoms with van der Waals surface area (Å²) >= 11 is 1.53. The second kappa shape index (κ2) is 6.97. The third-order valence-corrected chi connectivity index (χ3v) is 4.23. The van der Waals surface area contributed by atoms with Gasteiger partial charge in [-0.3, -0.25) is 9.36 Å². The van der Waals surface area contributed by atoms with Crippen LogP contribution in [0.25, 0.3) is 0 Å². The minimum absolute atomic E-state index is 0.0784. The lowest BCUT2D eigenvalue weighted by atomic mass is 9.88. The van der Waals surface area contributed by atoms with Gasteiger partial charge in [-0.1, -0.05) is 18.2 Å². The van der Waals surface area contributed by atoms with Crippen LogP contribution in [0.1, 0.15) is 53.0 Å². The quantitative estimate of drug-likeness (QED) is 0.569. The van der Waals surface area contributed by atoms with E-state index in [4.69, 9.17) is 5.11 Å². The van der Waals surface area contributed by atoms with Crippen LogP contribution in [-0.4, -0.2) is 31.6 Å². The lowest BCUT2D eigenvalue weighted by Crippen LogP contribution is -2.23. The number of nitrogens with zero attached hydrogens (tertiary/aromatic N) is 2. The maximum absolute atomic E-state index is 11.5. The van der Waals surface area contributed by atoms with Gasteiger partial charge in [0.2, 0.25) is 0 Å². The summed E-state index contributed by atoms with van der Waals surface area (Å²) in [5.74, 6) is 0.0679. The highest BCUT2D eigenvalue weighted by atomic mass is 32.2. The summed E-state index contributed by atoms with van der Waals surface area (Å²) in [6.45, 7) is 7.37. The Bertz CT molecular complexity index is 505. The van der Waals surface area contributed by atoms with Gasteiger partial charge in [0, 0.05) is 11.8 Å². The van der Waals surface area contributed by atoms with Crippen molar-refractivity contribution in [3.63, 3.8) is 0 Å². The SMILES string of the molecule is CC(C)n1c(SCCCCC(C)(C)C(=O)O)n[nH]c1=O. The van der Waals surface area contributed by atoms with Gasteiger partial charge in [-0.2, -0.15) is 0 Å². The van der Waals surface area contributed by atoms with Crippen molar-refractivity contribution in [2.75, 3.05) is 5.75 Å². The number of rotatable bonds is 8. The monoisotopic (exact) mass is 301 g/mol. The highest BCUT2D eigenvalue weighted by Crippen LogP contribution is 2.25. The van der Waals surface area contributed by atoms with Gasteiger partial charge in [-0.25, -0.2) is 9.89 Å². The van der Waals surface area contributed by atoms with Crippen molar-refractivity contribution in [2.24, 2.45) is 5.41 Å². The van der Waals surface area contributed by atoms with E-state index in [1.165, 1.54) is 11.8 Å². The summed E-state index contributed by atoms with van der Waals surface area (Å²) in [5.41, 5.74) is -0.855. The standard InChI is InChI=1S/C13H23N3O3S/c1-9(2)16-11(19)14-15-12(16)20-8-6-5-7-13(3,4)10(17)18/h9H,5-8H2,1-4H3,(H,14,19)(H,17,18). The van der Waals surface area contributed by atoms with Crippen molar-refractivity contribution in [2.45, 2.75) is 58.2 Å². The third-order valence-electron chi connectivity index (χ3n) is 3.19. The number of aromatic nitrogens is 3. The molecule has 0 saturated heterocycles. The van der Waals surface area contributed by atoms with E-state index in [1.807, 2.05) is 13.8 Å². The van der Waals surface area contributed by atoms with Crippen LogP contribution in [0.2, 0.25) is 0 Å². The van der Waals surface area contributed by atoms with E-state index < -0.39 is 11.4 Å². The van der Waals surface area contributed by atoms with Crippen molar-refractivity contribution in [3.8, 4) is 0 Å². The number of aliphatic carboxylic acids is 1. The first-order chi connectivity index (χ1) is 9.25. The van der Waals surface area contributed by atoms with E-state index in [2.05, 4.69) is 10.2 Å². The number of aromatic amines is 1. The Labute approximate surface area is 123 Å². The smallest absolute Gasteiger partial charge is 0.344 e. The average Bonchev–Trinajstić information content (AvgIpc) is 2.69. The summed E-state index contributed by atoms with van der Waals surface area (Å²) in [7, 11) is 0. The molecule has 1 aromatic heterocycles. The van der Waals surface area contributed by atoms with Crippen LogP contribution in [0, 0.1) is 5.41 Å². The van der Waals surface area contributed by atoms with Gasteiger partial charge in [0.25, 0.3) is 0 Å². The van der Waals surface area contributed by atoms with Gasteiger partial charge in [0.15, 0.2) is 5.16 Å². The lowest BCUT2D eigenvalue weighted by Gasteiger charge is -2.18. The predicted molar refractivity (Wildman–Crippen MR) is 79.2 cm³/mol. The second-order valence-electron chi connectivity index (χ2n) is 5.77. The number of nitrogens with one attached hydrogen (secondary N) is 1. The Morgan fingerprint density at radius 2 is 2.10 bits per heavy atom. The van der Waals surface area contributed by atoms with Crippen LogP contribution >= 0.6 is 11.8 Å². The van der Waals surface area contributed by atoms with Gasteiger partial charge < -0.3 is 5.11 Å². The molecule has 20 heavy (non-hydrogen) atoms. The summed E-state index contributed by atoms with van der Waals surface area (Å²) in [4.78, 5) is 22.5. The minimum atomic E-state index is -0.758. The summed E-state index contributed by atoms with van der Waals surface area (Å²) < 4.78 is 1.63. The van der Waals surface area contributed by atoms with E-state index in [1.54, 1.807) is 18.4 Å². The highest BCUT2D eigenvalue weighted by molar-refractivity contribution is 7.99. The van der Waals surface area contributed by atoms with Gasteiger partial charge in [0.1, 0.15) is 0 Å². The first kappa shape index (κ1) is 16.8. The molecule has 0 amide bonds. The average molecular weight is 301 g/mol. The molecular weight excluding hydrogens is 278 g/mol. The molecule has 0 aromatic carbocycles. The summed E-state index contributed by atoms with van der Waals surface area (Å²) in [6.07, 6.45) is 2.41.